The molecule has 0 fully saturated rings. The van der Waals surface area contributed by atoms with Gasteiger partial charge in [-0.1, -0.05) is 46.3 Å². The molecule has 0 saturated heterocycles. The SMILES string of the molecule is CN(CCCc1ccccc1)C(=O)C(C)(C)Br. The summed E-state index contributed by atoms with van der Waals surface area (Å²) in [6.07, 6.45) is 2.01. The molecule has 0 spiro atoms. The normalized spacial score (nSPS) is 11.3. The molecule has 0 N–H and O–H groups in total. The van der Waals surface area contributed by atoms with Gasteiger partial charge in [0.15, 0.2) is 0 Å². The highest BCUT2D eigenvalue weighted by Crippen LogP contribution is 2.18. The minimum Gasteiger partial charge on any atom is -0.345 e. The Morgan fingerprint density at radius 1 is 1.29 bits per heavy atom. The predicted molar refractivity (Wildman–Crippen MR) is 75.4 cm³/mol. The molecule has 1 aromatic carbocycles. The van der Waals surface area contributed by atoms with Crippen LogP contribution in [0.15, 0.2) is 30.3 Å². The Kier molecular flexibility index (Phi) is 5.19. The number of alkyl halides is 1. The Bertz CT molecular complexity index is 356. The molecule has 0 saturated carbocycles. The lowest BCUT2D eigenvalue weighted by molar-refractivity contribution is -0.131. The van der Waals surface area contributed by atoms with Crippen LogP contribution in [0.25, 0.3) is 0 Å². The Morgan fingerprint density at radius 3 is 2.41 bits per heavy atom. The predicted octanol–water partition coefficient (Wildman–Crippen LogP) is 3.25. The van der Waals surface area contributed by atoms with Crippen molar-refractivity contribution in [1.82, 2.24) is 4.90 Å². The number of benzene rings is 1. The summed E-state index contributed by atoms with van der Waals surface area (Å²) in [6.45, 7) is 4.55. The zero-order valence-corrected chi connectivity index (χ0v) is 12.3. The maximum atomic E-state index is 11.9. The molecule has 94 valence electrons. The summed E-state index contributed by atoms with van der Waals surface area (Å²) in [6, 6.07) is 10.4. The fourth-order valence-electron chi connectivity index (χ4n) is 1.72. The molecule has 0 aliphatic carbocycles. The first-order valence-corrected chi connectivity index (χ1v) is 6.69. The highest BCUT2D eigenvalue weighted by molar-refractivity contribution is 9.10. The summed E-state index contributed by atoms with van der Waals surface area (Å²) in [5.41, 5.74) is 1.33. The van der Waals surface area contributed by atoms with Crippen LogP contribution < -0.4 is 0 Å². The van der Waals surface area contributed by atoms with Crippen molar-refractivity contribution in [3.8, 4) is 0 Å². The Balaban J connectivity index is 2.35. The van der Waals surface area contributed by atoms with Crippen LogP contribution in [-0.2, 0) is 11.2 Å². The number of amides is 1. The van der Waals surface area contributed by atoms with E-state index in [2.05, 4.69) is 28.1 Å². The van der Waals surface area contributed by atoms with Gasteiger partial charge in [-0.05, 0) is 32.3 Å². The third kappa shape index (κ3) is 4.90. The summed E-state index contributed by atoms with van der Waals surface area (Å²) >= 11 is 3.39. The lowest BCUT2D eigenvalue weighted by Crippen LogP contribution is -2.39. The minimum atomic E-state index is -0.464. The summed E-state index contributed by atoms with van der Waals surface area (Å²) in [5, 5.41) is 0. The average Bonchev–Trinajstić information content (AvgIpc) is 2.28. The van der Waals surface area contributed by atoms with Gasteiger partial charge in [-0.3, -0.25) is 4.79 Å². The van der Waals surface area contributed by atoms with Gasteiger partial charge in [0.05, 0.1) is 4.32 Å². The van der Waals surface area contributed by atoms with E-state index in [9.17, 15) is 4.79 Å². The van der Waals surface area contributed by atoms with Crippen molar-refractivity contribution in [3.63, 3.8) is 0 Å². The van der Waals surface area contributed by atoms with Crippen LogP contribution >= 0.6 is 15.9 Å². The van der Waals surface area contributed by atoms with Crippen LogP contribution in [0.1, 0.15) is 25.8 Å². The zero-order valence-electron chi connectivity index (χ0n) is 10.7. The summed E-state index contributed by atoms with van der Waals surface area (Å²) < 4.78 is -0.464. The monoisotopic (exact) mass is 297 g/mol. The second kappa shape index (κ2) is 6.20. The van der Waals surface area contributed by atoms with Gasteiger partial charge in [0.25, 0.3) is 0 Å². The van der Waals surface area contributed by atoms with E-state index in [4.69, 9.17) is 0 Å². The van der Waals surface area contributed by atoms with Gasteiger partial charge in [-0.2, -0.15) is 0 Å². The largest absolute Gasteiger partial charge is 0.345 e. The van der Waals surface area contributed by atoms with E-state index in [1.54, 1.807) is 4.90 Å². The van der Waals surface area contributed by atoms with E-state index in [1.165, 1.54) is 5.56 Å². The standard InChI is InChI=1S/C14H20BrNO/c1-14(2,15)13(17)16(3)11-7-10-12-8-5-4-6-9-12/h4-6,8-9H,7,10-11H2,1-3H3. The van der Waals surface area contributed by atoms with Crippen LogP contribution in [0.3, 0.4) is 0 Å². The number of carbonyl (C=O) groups is 1. The fraction of sp³-hybridized carbons (Fsp3) is 0.500. The summed E-state index contributed by atoms with van der Waals surface area (Å²) in [7, 11) is 1.86. The maximum absolute atomic E-state index is 11.9. The second-order valence-electron chi connectivity index (χ2n) is 4.79. The van der Waals surface area contributed by atoms with Crippen LogP contribution in [0.4, 0.5) is 0 Å². The lowest BCUT2D eigenvalue weighted by atomic mass is 10.1. The first kappa shape index (κ1) is 14.2. The molecule has 0 unspecified atom stereocenters. The summed E-state index contributed by atoms with van der Waals surface area (Å²) in [5.74, 6) is 0.130. The molecule has 0 aliphatic rings. The molecule has 0 heterocycles. The van der Waals surface area contributed by atoms with Crippen molar-refractivity contribution in [2.24, 2.45) is 0 Å². The number of carbonyl (C=O) groups excluding carboxylic acids is 1. The minimum absolute atomic E-state index is 0.130. The van der Waals surface area contributed by atoms with E-state index < -0.39 is 4.32 Å². The molecule has 0 radical (unpaired) electrons. The zero-order chi connectivity index (χ0) is 12.9. The number of nitrogens with zero attached hydrogens (tertiary/aromatic N) is 1. The van der Waals surface area contributed by atoms with Crippen molar-refractivity contribution in [2.75, 3.05) is 13.6 Å². The fourth-order valence-corrected chi connectivity index (χ4v) is 2.02. The van der Waals surface area contributed by atoms with E-state index in [0.717, 1.165) is 19.4 Å². The van der Waals surface area contributed by atoms with Crippen molar-refractivity contribution in [3.05, 3.63) is 35.9 Å². The van der Waals surface area contributed by atoms with Crippen molar-refractivity contribution >= 4 is 21.8 Å². The smallest absolute Gasteiger partial charge is 0.238 e. The number of hydrogen-bond acceptors (Lipinski definition) is 1. The van der Waals surface area contributed by atoms with Crippen molar-refractivity contribution in [1.29, 1.82) is 0 Å². The van der Waals surface area contributed by atoms with Crippen molar-refractivity contribution in [2.45, 2.75) is 31.0 Å². The van der Waals surface area contributed by atoms with Gasteiger partial charge < -0.3 is 4.90 Å². The van der Waals surface area contributed by atoms with Gasteiger partial charge in [0, 0.05) is 13.6 Å². The molecule has 0 aliphatic heterocycles. The van der Waals surface area contributed by atoms with Crippen LogP contribution in [0.5, 0.6) is 0 Å². The number of rotatable bonds is 5. The van der Waals surface area contributed by atoms with Crippen LogP contribution in [0, 0.1) is 0 Å². The molecule has 1 rings (SSSR count). The van der Waals surface area contributed by atoms with Gasteiger partial charge in [0.1, 0.15) is 0 Å². The average molecular weight is 298 g/mol. The second-order valence-corrected chi connectivity index (χ2v) is 6.77. The lowest BCUT2D eigenvalue weighted by Gasteiger charge is -2.24. The maximum Gasteiger partial charge on any atom is 0.238 e. The molecular weight excluding hydrogens is 278 g/mol. The van der Waals surface area contributed by atoms with E-state index in [1.807, 2.05) is 39.1 Å². The van der Waals surface area contributed by atoms with Crippen LogP contribution in [-0.4, -0.2) is 28.7 Å². The van der Waals surface area contributed by atoms with E-state index in [-0.39, 0.29) is 5.91 Å². The Hall–Kier alpha value is -0.830. The molecule has 0 atom stereocenters. The molecule has 1 aromatic rings. The third-order valence-corrected chi connectivity index (χ3v) is 3.00. The van der Waals surface area contributed by atoms with Gasteiger partial charge in [-0.15, -0.1) is 0 Å². The molecular formula is C14H20BrNO. The van der Waals surface area contributed by atoms with Crippen LogP contribution in [0.2, 0.25) is 0 Å². The van der Waals surface area contributed by atoms with Gasteiger partial charge >= 0.3 is 0 Å². The number of halogens is 1. The van der Waals surface area contributed by atoms with E-state index in [0.29, 0.717) is 0 Å². The van der Waals surface area contributed by atoms with E-state index >= 15 is 0 Å². The molecule has 0 bridgehead atoms. The molecule has 0 aromatic heterocycles. The third-order valence-electron chi connectivity index (χ3n) is 2.66. The first-order valence-electron chi connectivity index (χ1n) is 5.89. The first-order chi connectivity index (χ1) is 7.91. The topological polar surface area (TPSA) is 20.3 Å². The Morgan fingerprint density at radius 2 is 1.88 bits per heavy atom. The van der Waals surface area contributed by atoms with Crippen molar-refractivity contribution < 1.29 is 4.79 Å². The highest BCUT2D eigenvalue weighted by Gasteiger charge is 2.26. The van der Waals surface area contributed by atoms with Gasteiger partial charge in [-0.25, -0.2) is 0 Å². The highest BCUT2D eigenvalue weighted by atomic mass is 79.9. The number of aryl methyl sites for hydroxylation is 1. The molecule has 17 heavy (non-hydrogen) atoms. The Labute approximate surface area is 112 Å². The summed E-state index contributed by atoms with van der Waals surface area (Å²) in [4.78, 5) is 13.7. The molecule has 2 nitrogen and oxygen atoms in total. The molecule has 1 amide bonds. The quantitative estimate of drug-likeness (QED) is 0.764. The van der Waals surface area contributed by atoms with Gasteiger partial charge in [0.2, 0.25) is 5.91 Å². The number of hydrogen-bond donors (Lipinski definition) is 0. The molecule has 3 heteroatoms.